The Labute approximate surface area is 113 Å². The van der Waals surface area contributed by atoms with Crippen molar-refractivity contribution in [3.63, 3.8) is 0 Å². The molecule has 0 saturated carbocycles. The highest BCUT2D eigenvalue weighted by Crippen LogP contribution is 2.18. The number of amides is 1. The third kappa shape index (κ3) is 3.06. The molecule has 1 N–H and O–H groups in total. The minimum absolute atomic E-state index is 0.157. The molecule has 1 aromatic heterocycles. The lowest BCUT2D eigenvalue weighted by Gasteiger charge is -2.07. The Hall–Kier alpha value is -2.01. The Morgan fingerprint density at radius 3 is 2.74 bits per heavy atom. The Kier molecular flexibility index (Phi) is 3.76. The predicted molar refractivity (Wildman–Crippen MR) is 68.3 cm³/mol. The average molecular weight is 283 g/mol. The van der Waals surface area contributed by atoms with Gasteiger partial charge in [-0.3, -0.25) is 4.79 Å². The van der Waals surface area contributed by atoms with Crippen LogP contribution in [0.2, 0.25) is 5.15 Å². The maximum Gasteiger partial charge on any atom is 0.255 e. The van der Waals surface area contributed by atoms with Crippen molar-refractivity contribution >= 4 is 23.2 Å². The second kappa shape index (κ2) is 5.32. The number of nitrogens with one attached hydrogen (secondary N) is 1. The van der Waals surface area contributed by atoms with Gasteiger partial charge in [0.2, 0.25) is 0 Å². The van der Waals surface area contributed by atoms with Crippen LogP contribution in [-0.4, -0.2) is 10.9 Å². The van der Waals surface area contributed by atoms with E-state index in [9.17, 15) is 13.6 Å². The predicted octanol–water partition coefficient (Wildman–Crippen LogP) is 3.57. The van der Waals surface area contributed by atoms with Gasteiger partial charge in [-0.1, -0.05) is 17.7 Å². The van der Waals surface area contributed by atoms with Crippen LogP contribution < -0.4 is 5.32 Å². The lowest BCUT2D eigenvalue weighted by molar-refractivity contribution is 0.102. The van der Waals surface area contributed by atoms with Gasteiger partial charge >= 0.3 is 0 Å². The monoisotopic (exact) mass is 282 g/mol. The molecule has 1 heterocycles. The fourth-order valence-electron chi connectivity index (χ4n) is 1.55. The number of aromatic nitrogens is 1. The van der Waals surface area contributed by atoms with Crippen molar-refractivity contribution in [1.82, 2.24) is 4.98 Å². The summed E-state index contributed by atoms with van der Waals surface area (Å²) >= 11 is 5.73. The summed E-state index contributed by atoms with van der Waals surface area (Å²) in [4.78, 5) is 15.8. The van der Waals surface area contributed by atoms with Gasteiger partial charge in [0.05, 0.1) is 5.69 Å². The van der Waals surface area contributed by atoms with Crippen molar-refractivity contribution in [2.24, 2.45) is 0 Å². The normalized spacial score (nSPS) is 10.3. The molecule has 0 aliphatic heterocycles. The third-order valence-corrected chi connectivity index (χ3v) is 2.58. The zero-order valence-corrected chi connectivity index (χ0v) is 10.6. The van der Waals surface area contributed by atoms with Crippen LogP contribution in [0.5, 0.6) is 0 Å². The number of hydrogen-bond acceptors (Lipinski definition) is 2. The molecule has 1 amide bonds. The molecule has 2 aromatic rings. The van der Waals surface area contributed by atoms with E-state index in [0.29, 0.717) is 5.69 Å². The largest absolute Gasteiger partial charge is 0.319 e. The minimum atomic E-state index is -1.10. The molecule has 2 rings (SSSR count). The molecule has 0 saturated heterocycles. The van der Waals surface area contributed by atoms with E-state index in [-0.39, 0.29) is 16.4 Å². The van der Waals surface area contributed by atoms with Crippen LogP contribution in [-0.2, 0) is 0 Å². The van der Waals surface area contributed by atoms with E-state index in [2.05, 4.69) is 10.3 Å². The van der Waals surface area contributed by atoms with E-state index in [1.807, 2.05) is 0 Å². The molecule has 0 spiro atoms. The lowest BCUT2D eigenvalue weighted by atomic mass is 10.2. The minimum Gasteiger partial charge on any atom is -0.319 e. The fraction of sp³-hybridized carbons (Fsp3) is 0.0769. The first kappa shape index (κ1) is 13.4. The van der Waals surface area contributed by atoms with Gasteiger partial charge in [0.25, 0.3) is 5.91 Å². The van der Waals surface area contributed by atoms with Crippen molar-refractivity contribution in [2.75, 3.05) is 5.32 Å². The Morgan fingerprint density at radius 2 is 2.05 bits per heavy atom. The van der Waals surface area contributed by atoms with Crippen LogP contribution in [0.25, 0.3) is 0 Å². The molecule has 0 bridgehead atoms. The van der Waals surface area contributed by atoms with E-state index in [1.165, 1.54) is 24.3 Å². The SMILES string of the molecule is Cc1cc(C(=O)Nc2cccc(F)c2F)cc(Cl)n1. The van der Waals surface area contributed by atoms with Crippen LogP contribution in [0.1, 0.15) is 16.1 Å². The van der Waals surface area contributed by atoms with Gasteiger partial charge in [0.15, 0.2) is 11.6 Å². The van der Waals surface area contributed by atoms with Gasteiger partial charge in [-0.15, -0.1) is 0 Å². The Balaban J connectivity index is 2.28. The summed E-state index contributed by atoms with van der Waals surface area (Å²) in [6.45, 7) is 1.67. The van der Waals surface area contributed by atoms with Crippen LogP contribution in [0, 0.1) is 18.6 Å². The van der Waals surface area contributed by atoms with Crippen molar-refractivity contribution in [3.05, 3.63) is 58.4 Å². The zero-order valence-electron chi connectivity index (χ0n) is 9.88. The van der Waals surface area contributed by atoms with E-state index in [4.69, 9.17) is 11.6 Å². The Morgan fingerprint density at radius 1 is 1.32 bits per heavy atom. The summed E-state index contributed by atoms with van der Waals surface area (Å²) in [5, 5.41) is 2.44. The molecule has 1 aromatic carbocycles. The molecule has 6 heteroatoms. The van der Waals surface area contributed by atoms with Gasteiger partial charge < -0.3 is 5.32 Å². The first-order valence-corrected chi connectivity index (χ1v) is 5.74. The molecule has 0 fully saturated rings. The van der Waals surface area contributed by atoms with E-state index >= 15 is 0 Å². The number of carbonyl (C=O) groups is 1. The average Bonchev–Trinajstić information content (AvgIpc) is 2.33. The van der Waals surface area contributed by atoms with Gasteiger partial charge in [-0.25, -0.2) is 13.8 Å². The number of pyridine rings is 1. The number of rotatable bonds is 2. The molecule has 0 aliphatic rings. The van der Waals surface area contributed by atoms with E-state index in [1.54, 1.807) is 6.92 Å². The Bertz CT molecular complexity index is 626. The maximum absolute atomic E-state index is 13.4. The fourth-order valence-corrected chi connectivity index (χ4v) is 1.80. The van der Waals surface area contributed by atoms with Gasteiger partial charge in [0.1, 0.15) is 5.15 Å². The summed E-state index contributed by atoms with van der Waals surface area (Å²) in [7, 11) is 0. The van der Waals surface area contributed by atoms with Crippen molar-refractivity contribution in [1.29, 1.82) is 0 Å². The number of carbonyl (C=O) groups excluding carboxylic acids is 1. The van der Waals surface area contributed by atoms with Crippen LogP contribution in [0.3, 0.4) is 0 Å². The molecule has 0 atom stereocenters. The smallest absolute Gasteiger partial charge is 0.255 e. The van der Waals surface area contributed by atoms with Crippen LogP contribution in [0.4, 0.5) is 14.5 Å². The highest BCUT2D eigenvalue weighted by molar-refractivity contribution is 6.29. The summed E-state index contributed by atoms with van der Waals surface area (Å²) in [5.74, 6) is -2.72. The molecular formula is C13H9ClF2N2O. The van der Waals surface area contributed by atoms with Crippen molar-refractivity contribution in [2.45, 2.75) is 6.92 Å². The van der Waals surface area contributed by atoms with Gasteiger partial charge in [0, 0.05) is 11.3 Å². The first-order chi connectivity index (χ1) is 8.97. The summed E-state index contributed by atoms with van der Waals surface area (Å²) < 4.78 is 26.4. The number of hydrogen-bond donors (Lipinski definition) is 1. The molecule has 98 valence electrons. The quantitative estimate of drug-likeness (QED) is 0.856. The standard InChI is InChI=1S/C13H9ClF2N2O/c1-7-5-8(6-11(14)17-7)13(19)18-10-4-2-3-9(15)12(10)16/h2-6H,1H3,(H,18,19). The zero-order chi connectivity index (χ0) is 14.0. The number of nitrogens with zero attached hydrogens (tertiary/aromatic N) is 1. The molecular weight excluding hydrogens is 274 g/mol. The highest BCUT2D eigenvalue weighted by Gasteiger charge is 2.13. The van der Waals surface area contributed by atoms with Gasteiger partial charge in [-0.05, 0) is 31.2 Å². The van der Waals surface area contributed by atoms with Crippen molar-refractivity contribution in [3.8, 4) is 0 Å². The third-order valence-electron chi connectivity index (χ3n) is 2.38. The first-order valence-electron chi connectivity index (χ1n) is 5.37. The molecule has 19 heavy (non-hydrogen) atoms. The molecule has 3 nitrogen and oxygen atoms in total. The van der Waals surface area contributed by atoms with Gasteiger partial charge in [-0.2, -0.15) is 0 Å². The molecule has 0 radical (unpaired) electrons. The maximum atomic E-state index is 13.4. The molecule has 0 aliphatic carbocycles. The number of benzene rings is 1. The van der Waals surface area contributed by atoms with Crippen LogP contribution >= 0.6 is 11.6 Å². The number of halogens is 3. The molecule has 0 unspecified atom stereocenters. The second-order valence-corrected chi connectivity index (χ2v) is 4.26. The van der Waals surface area contributed by atoms with E-state index < -0.39 is 17.5 Å². The van der Waals surface area contributed by atoms with E-state index in [0.717, 1.165) is 6.07 Å². The van der Waals surface area contributed by atoms with Crippen LogP contribution in [0.15, 0.2) is 30.3 Å². The number of anilines is 1. The summed E-state index contributed by atoms with van der Waals surface area (Å²) in [6, 6.07) is 6.39. The second-order valence-electron chi connectivity index (χ2n) is 3.88. The summed E-state index contributed by atoms with van der Waals surface area (Å²) in [6.07, 6.45) is 0. The summed E-state index contributed by atoms with van der Waals surface area (Å²) in [5.41, 5.74) is 0.550. The number of aryl methyl sites for hydroxylation is 1. The topological polar surface area (TPSA) is 42.0 Å². The lowest BCUT2D eigenvalue weighted by Crippen LogP contribution is -2.14. The highest BCUT2D eigenvalue weighted by atomic mass is 35.5. The van der Waals surface area contributed by atoms with Crippen molar-refractivity contribution < 1.29 is 13.6 Å².